The average molecular weight is 633 g/mol. The van der Waals surface area contributed by atoms with Gasteiger partial charge in [-0.1, -0.05) is 51.1 Å². The molecule has 3 saturated carbocycles. The summed E-state index contributed by atoms with van der Waals surface area (Å²) in [6.07, 6.45) is 0.696. The number of hydrogen-bond donors (Lipinski definition) is 0. The Hall–Kier alpha value is -2.22. The van der Waals surface area contributed by atoms with Crippen molar-refractivity contribution >= 4 is 30.2 Å². The van der Waals surface area contributed by atoms with Gasteiger partial charge in [0.15, 0.2) is 8.32 Å². The zero-order valence-electron chi connectivity index (χ0n) is 24.7. The molecule has 0 unspecified atom stereocenters. The third-order valence-electron chi connectivity index (χ3n) is 9.45. The third kappa shape index (κ3) is 5.46. The minimum absolute atomic E-state index is 0.0446. The highest BCUT2D eigenvalue weighted by atomic mass is 32.2. The topological polar surface area (TPSA) is 105 Å². The van der Waals surface area contributed by atoms with Gasteiger partial charge >= 0.3 is 21.6 Å². The lowest BCUT2D eigenvalue weighted by atomic mass is 9.49. The summed E-state index contributed by atoms with van der Waals surface area (Å²) in [7, 11) is -8.68. The van der Waals surface area contributed by atoms with Crippen LogP contribution in [-0.4, -0.2) is 53.8 Å². The Morgan fingerprint density at radius 1 is 1.07 bits per heavy atom. The predicted octanol–water partition coefficient (Wildman–Crippen LogP) is 5.75. The Kier molecular flexibility index (Phi) is 8.85. The molecule has 4 aliphatic rings. The molecule has 0 aliphatic heterocycles. The number of rotatable bonds is 11. The van der Waals surface area contributed by atoms with E-state index in [1.807, 2.05) is 39.9 Å². The predicted molar refractivity (Wildman–Crippen MR) is 150 cm³/mol. The van der Waals surface area contributed by atoms with Crippen molar-refractivity contribution in [1.82, 2.24) is 0 Å². The van der Waals surface area contributed by atoms with Crippen LogP contribution in [0.5, 0.6) is 0 Å². The number of esters is 1. The van der Waals surface area contributed by atoms with E-state index in [-0.39, 0.29) is 36.2 Å². The summed E-state index contributed by atoms with van der Waals surface area (Å²) in [5.41, 5.74) is -7.01. The zero-order valence-corrected chi connectivity index (χ0v) is 26.6. The van der Waals surface area contributed by atoms with Crippen LogP contribution < -0.4 is 0 Å². The molecule has 5 atom stereocenters. The molecule has 0 amide bonds. The normalized spacial score (nSPS) is 27.9. The molecule has 0 aromatic heterocycles. The molecule has 1 aromatic rings. The number of carbonyl (C=O) groups is 2. The first-order chi connectivity index (χ1) is 19.4. The maximum Gasteiger partial charge on any atom is 0.534 e. The third-order valence-corrected chi connectivity index (χ3v) is 14.9. The molecule has 8 nitrogen and oxygen atoms in total. The zero-order chi connectivity index (χ0) is 31.3. The molecule has 13 heteroatoms. The Labute approximate surface area is 246 Å². The molecule has 3 fully saturated rings. The second-order valence-corrected chi connectivity index (χ2v) is 19.1. The van der Waals surface area contributed by atoms with Gasteiger partial charge in [-0.3, -0.25) is 9.59 Å². The minimum atomic E-state index is -6.21. The number of ketones is 1. The van der Waals surface area contributed by atoms with Crippen LogP contribution in [0.25, 0.3) is 0 Å². The van der Waals surface area contributed by atoms with Crippen molar-refractivity contribution < 1.29 is 49.3 Å². The van der Waals surface area contributed by atoms with E-state index in [0.717, 1.165) is 5.56 Å². The van der Waals surface area contributed by atoms with Crippen molar-refractivity contribution in [3.05, 3.63) is 47.2 Å². The summed E-state index contributed by atoms with van der Waals surface area (Å²) in [6, 6.07) is 8.96. The number of benzene rings is 1. The quantitative estimate of drug-likeness (QED) is 0.132. The Morgan fingerprint density at radius 3 is 2.29 bits per heavy atom. The van der Waals surface area contributed by atoms with Gasteiger partial charge in [0.1, 0.15) is 17.0 Å². The van der Waals surface area contributed by atoms with Crippen LogP contribution in [0.1, 0.15) is 46.1 Å². The van der Waals surface area contributed by atoms with Gasteiger partial charge in [-0.05, 0) is 49.4 Å². The fourth-order valence-electron chi connectivity index (χ4n) is 6.43. The van der Waals surface area contributed by atoms with E-state index in [1.54, 1.807) is 31.2 Å². The number of hydrogen-bond acceptors (Lipinski definition) is 8. The highest BCUT2D eigenvalue weighted by Gasteiger charge is 2.74. The number of ether oxygens (including phenoxy) is 2. The molecule has 4 bridgehead atoms. The second-order valence-electron chi connectivity index (χ2n) is 12.8. The lowest BCUT2D eigenvalue weighted by Gasteiger charge is -2.54. The highest BCUT2D eigenvalue weighted by molar-refractivity contribution is 7.87. The van der Waals surface area contributed by atoms with Crippen molar-refractivity contribution in [2.75, 3.05) is 19.8 Å². The van der Waals surface area contributed by atoms with E-state index in [0.29, 0.717) is 12.8 Å². The molecular formula is C29H39F3O8SSi. The van der Waals surface area contributed by atoms with Crippen LogP contribution in [0.4, 0.5) is 13.2 Å². The van der Waals surface area contributed by atoms with Gasteiger partial charge in [-0.25, -0.2) is 0 Å². The van der Waals surface area contributed by atoms with Crippen LogP contribution in [0.2, 0.25) is 18.1 Å². The molecule has 234 valence electrons. The largest absolute Gasteiger partial charge is 0.534 e. The van der Waals surface area contributed by atoms with Gasteiger partial charge in [0.05, 0.1) is 19.8 Å². The fraction of sp³-hybridized carbons (Fsp3) is 0.655. The van der Waals surface area contributed by atoms with Crippen molar-refractivity contribution in [2.45, 2.75) is 70.8 Å². The van der Waals surface area contributed by atoms with Crippen LogP contribution in [0.3, 0.4) is 0 Å². The van der Waals surface area contributed by atoms with Crippen molar-refractivity contribution in [3.8, 4) is 0 Å². The molecule has 4 aliphatic carbocycles. The summed E-state index contributed by atoms with van der Waals surface area (Å²) in [6.45, 7) is 11.0. The Balaban J connectivity index is 1.87. The summed E-state index contributed by atoms with van der Waals surface area (Å²) < 4.78 is 88.9. The summed E-state index contributed by atoms with van der Waals surface area (Å²) >= 11 is 0. The minimum Gasteiger partial charge on any atom is -0.465 e. The van der Waals surface area contributed by atoms with Crippen LogP contribution in [-0.2, 0) is 44.4 Å². The van der Waals surface area contributed by atoms with Crippen molar-refractivity contribution in [1.29, 1.82) is 0 Å². The van der Waals surface area contributed by atoms with E-state index in [2.05, 4.69) is 0 Å². The molecule has 0 heterocycles. The lowest BCUT2D eigenvalue weighted by Crippen LogP contribution is -2.61. The van der Waals surface area contributed by atoms with E-state index in [4.69, 9.17) is 18.1 Å². The Morgan fingerprint density at radius 2 is 1.71 bits per heavy atom. The van der Waals surface area contributed by atoms with Crippen molar-refractivity contribution in [2.24, 2.45) is 29.1 Å². The van der Waals surface area contributed by atoms with Gasteiger partial charge in [0.25, 0.3) is 0 Å². The number of alkyl halides is 3. The number of halogens is 3. The molecule has 0 N–H and O–H groups in total. The first-order valence-corrected chi connectivity index (χ1v) is 18.4. The Bertz CT molecular complexity index is 1340. The molecular weight excluding hydrogens is 593 g/mol. The van der Waals surface area contributed by atoms with Crippen LogP contribution in [0.15, 0.2) is 41.7 Å². The maximum absolute atomic E-state index is 14.0. The summed E-state index contributed by atoms with van der Waals surface area (Å²) in [4.78, 5) is 27.9. The fourth-order valence-corrected chi connectivity index (χ4v) is 8.02. The van der Waals surface area contributed by atoms with E-state index in [1.165, 1.54) is 0 Å². The van der Waals surface area contributed by atoms with Gasteiger partial charge < -0.3 is 18.1 Å². The van der Waals surface area contributed by atoms with Gasteiger partial charge in [-0.15, -0.1) is 0 Å². The molecule has 0 spiro atoms. The molecule has 5 rings (SSSR count). The van der Waals surface area contributed by atoms with Crippen molar-refractivity contribution in [3.63, 3.8) is 0 Å². The summed E-state index contributed by atoms with van der Waals surface area (Å²) in [5.74, 6) is -5.49. The van der Waals surface area contributed by atoms with Gasteiger partial charge in [0.2, 0.25) is 0 Å². The molecule has 0 radical (unpaired) electrons. The second kappa shape index (κ2) is 11.4. The SMILES string of the molecule is CCOC(=O)[C@@]12C(OS(=O)(=O)C(F)(F)F)=C(COCc3ccccc3)[C@@H]3C(=O)[C@@H](CC[C@@H]31)[C@@H]2CO[Si](C)(C)C(C)(C)C. The van der Waals surface area contributed by atoms with E-state index in [9.17, 15) is 31.2 Å². The van der Waals surface area contributed by atoms with Crippen LogP contribution >= 0.6 is 0 Å². The van der Waals surface area contributed by atoms with E-state index < -0.39 is 71.4 Å². The molecule has 42 heavy (non-hydrogen) atoms. The smallest absolute Gasteiger partial charge is 0.465 e. The number of carbonyl (C=O) groups excluding carboxylic acids is 2. The lowest BCUT2D eigenvalue weighted by molar-refractivity contribution is -0.179. The first kappa shape index (κ1) is 32.7. The van der Waals surface area contributed by atoms with Gasteiger partial charge in [0, 0.05) is 29.9 Å². The monoisotopic (exact) mass is 632 g/mol. The number of Topliss-reactive ketones (excluding diaryl/α,β-unsaturated/α-hetero) is 1. The van der Waals surface area contributed by atoms with E-state index >= 15 is 0 Å². The molecule has 1 aromatic carbocycles. The first-order valence-electron chi connectivity index (χ1n) is 14.1. The standard InChI is InChI=1S/C29H39F3O8SSi/c1-7-38-26(34)28-21-14-13-19(22(28)17-39-42(5,6)27(2,3)4)24(33)23(21)20(16-37-15-18-11-9-8-10-12-18)25(28)40-41(35,36)29(30,31)32/h8-12,19,21-23H,7,13-17H2,1-6H3/t19-,21-,22-,23-,28-/m0/s1. The highest BCUT2D eigenvalue weighted by Crippen LogP contribution is 2.68. The molecule has 0 saturated heterocycles. The average Bonchev–Trinajstić information content (AvgIpc) is 3.13. The maximum atomic E-state index is 14.0. The number of fused-ring (bicyclic) bond motifs is 1. The van der Waals surface area contributed by atoms with Crippen LogP contribution in [0, 0.1) is 29.1 Å². The summed E-state index contributed by atoms with van der Waals surface area (Å²) in [5, 5.41) is -0.245. The van der Waals surface area contributed by atoms with Gasteiger partial charge in [-0.2, -0.15) is 21.6 Å².